The largest absolute Gasteiger partial charge is 0.291 e. The molecule has 0 saturated carbocycles. The summed E-state index contributed by atoms with van der Waals surface area (Å²) in [4.78, 5) is 10.1. The third-order valence-electron chi connectivity index (χ3n) is 1.38. The van der Waals surface area contributed by atoms with Crippen LogP contribution in [0.25, 0.3) is 0 Å². The van der Waals surface area contributed by atoms with Crippen molar-refractivity contribution in [3.05, 3.63) is 35.9 Å². The molecule has 0 aromatic rings. The fourth-order valence-electron chi connectivity index (χ4n) is 0.667. The molecule has 12 heavy (non-hydrogen) atoms. The molecule has 0 aromatic heterocycles. The highest BCUT2D eigenvalue weighted by atomic mass is 32.2. The molecule has 0 amide bonds. The fraction of sp³-hybridized carbons (Fsp3) is 0.222. The molecule has 0 bridgehead atoms. The van der Waals surface area contributed by atoms with Crippen LogP contribution in [0.1, 0.15) is 6.92 Å². The molecule has 64 valence electrons. The Hall–Kier alpha value is -0.695. The van der Waals surface area contributed by atoms with Gasteiger partial charge in [0.25, 0.3) is 0 Å². The van der Waals surface area contributed by atoms with Crippen LogP contribution in [0.5, 0.6) is 0 Å². The van der Waals surface area contributed by atoms with Crippen molar-refractivity contribution in [2.24, 2.45) is 0 Å². The van der Waals surface area contributed by atoms with E-state index in [-0.39, 0.29) is 0 Å². The SMILES string of the molecule is B/C(C)=C(/C=C\C=C)CSC=O. The summed E-state index contributed by atoms with van der Waals surface area (Å²) in [6.45, 7) is 5.62. The van der Waals surface area contributed by atoms with Gasteiger partial charge in [0.1, 0.15) is 7.85 Å². The van der Waals surface area contributed by atoms with Crippen LogP contribution in [0.4, 0.5) is 0 Å². The molecule has 0 aromatic carbocycles. The average molecular weight is 180 g/mol. The molecule has 0 heterocycles. The molecule has 0 aliphatic carbocycles. The molecule has 0 aliphatic rings. The van der Waals surface area contributed by atoms with Crippen LogP contribution in [-0.2, 0) is 4.79 Å². The summed E-state index contributed by atoms with van der Waals surface area (Å²) >= 11 is 1.27. The van der Waals surface area contributed by atoms with Crippen LogP contribution in [-0.4, -0.2) is 19.2 Å². The zero-order valence-corrected chi connectivity index (χ0v) is 8.36. The average Bonchev–Trinajstić information content (AvgIpc) is 2.04. The van der Waals surface area contributed by atoms with E-state index < -0.39 is 0 Å². The monoisotopic (exact) mass is 180 g/mol. The number of hydrogen-bond acceptors (Lipinski definition) is 2. The van der Waals surface area contributed by atoms with Crippen LogP contribution in [0.3, 0.4) is 0 Å². The molecule has 0 radical (unpaired) electrons. The van der Waals surface area contributed by atoms with Gasteiger partial charge >= 0.3 is 0 Å². The first-order chi connectivity index (χ1) is 5.72. The van der Waals surface area contributed by atoms with Crippen LogP contribution >= 0.6 is 11.8 Å². The van der Waals surface area contributed by atoms with Gasteiger partial charge in [0.2, 0.25) is 0 Å². The molecular weight excluding hydrogens is 167 g/mol. The molecule has 3 heteroatoms. The van der Waals surface area contributed by atoms with Crippen LogP contribution in [0, 0.1) is 0 Å². The number of carbonyl (C=O) groups excluding carboxylic acids is 1. The maximum atomic E-state index is 10.1. The first-order valence-corrected chi connectivity index (χ1v) is 4.78. The summed E-state index contributed by atoms with van der Waals surface area (Å²) in [6, 6.07) is 0. The van der Waals surface area contributed by atoms with Gasteiger partial charge in [0.05, 0.1) is 0 Å². The highest BCUT2D eigenvalue weighted by molar-refractivity contribution is 8.12. The minimum atomic E-state index is 0.746. The van der Waals surface area contributed by atoms with E-state index in [1.807, 2.05) is 26.9 Å². The Labute approximate surface area is 79.0 Å². The molecular formula is C9H13BOS. The van der Waals surface area contributed by atoms with Crippen molar-refractivity contribution in [2.45, 2.75) is 6.92 Å². The molecule has 1 nitrogen and oxygen atoms in total. The molecule has 0 saturated heterocycles. The Kier molecular flexibility index (Phi) is 6.58. The van der Waals surface area contributed by atoms with Crippen molar-refractivity contribution in [2.75, 3.05) is 5.75 Å². The van der Waals surface area contributed by atoms with Gasteiger partial charge in [-0.2, -0.15) is 0 Å². The van der Waals surface area contributed by atoms with Gasteiger partial charge in [-0.1, -0.05) is 43.5 Å². The Morgan fingerprint density at radius 2 is 2.33 bits per heavy atom. The van der Waals surface area contributed by atoms with Crippen molar-refractivity contribution >= 4 is 25.2 Å². The minimum Gasteiger partial charge on any atom is -0.291 e. The van der Waals surface area contributed by atoms with Gasteiger partial charge in [-0.15, -0.1) is 5.47 Å². The Morgan fingerprint density at radius 1 is 1.67 bits per heavy atom. The lowest BCUT2D eigenvalue weighted by Gasteiger charge is -2.00. The number of hydrogen-bond donors (Lipinski definition) is 0. The van der Waals surface area contributed by atoms with Crippen molar-refractivity contribution < 1.29 is 4.79 Å². The van der Waals surface area contributed by atoms with E-state index in [1.165, 1.54) is 22.8 Å². The van der Waals surface area contributed by atoms with E-state index in [0.717, 1.165) is 11.4 Å². The molecule has 0 aliphatic heterocycles. The lowest BCUT2D eigenvalue weighted by atomic mass is 9.92. The smallest absolute Gasteiger partial charge is 0.176 e. The maximum Gasteiger partial charge on any atom is 0.176 e. The van der Waals surface area contributed by atoms with Gasteiger partial charge < -0.3 is 0 Å². The van der Waals surface area contributed by atoms with E-state index in [0.29, 0.717) is 0 Å². The standard InChI is InChI=1S/C9H13BOS/c1-3-4-5-9(8(2)10)6-12-7-11/h3-5,7H,1,6,10H2,2H3/b5-4-,9-8-. The van der Waals surface area contributed by atoms with Crippen molar-refractivity contribution in [3.63, 3.8) is 0 Å². The van der Waals surface area contributed by atoms with Crippen molar-refractivity contribution in [1.29, 1.82) is 0 Å². The topological polar surface area (TPSA) is 17.1 Å². The summed E-state index contributed by atoms with van der Waals surface area (Å²) in [5.41, 5.74) is 3.29. The number of thioether (sulfide) groups is 1. The first-order valence-electron chi connectivity index (χ1n) is 3.73. The molecule has 0 N–H and O–H groups in total. The van der Waals surface area contributed by atoms with E-state index in [1.54, 1.807) is 6.08 Å². The summed E-state index contributed by atoms with van der Waals surface area (Å²) in [7, 11) is 2.04. The van der Waals surface area contributed by atoms with Crippen LogP contribution in [0.15, 0.2) is 35.9 Å². The molecule has 0 unspecified atom stereocenters. The van der Waals surface area contributed by atoms with E-state index >= 15 is 0 Å². The molecule has 0 spiro atoms. The van der Waals surface area contributed by atoms with Gasteiger partial charge in [0.15, 0.2) is 5.62 Å². The highest BCUT2D eigenvalue weighted by Gasteiger charge is 1.94. The second-order valence-electron chi connectivity index (χ2n) is 2.53. The third-order valence-corrected chi connectivity index (χ3v) is 2.00. The normalized spacial score (nSPS) is 12.8. The molecule has 0 fully saturated rings. The minimum absolute atomic E-state index is 0.746. The van der Waals surface area contributed by atoms with Crippen LogP contribution < -0.4 is 0 Å². The third kappa shape index (κ3) is 5.02. The van der Waals surface area contributed by atoms with Crippen molar-refractivity contribution in [3.8, 4) is 0 Å². The number of allylic oxidation sites excluding steroid dienone is 4. The summed E-state index contributed by atoms with van der Waals surface area (Å²) < 4.78 is 0. The highest BCUT2D eigenvalue weighted by Crippen LogP contribution is 2.09. The number of rotatable bonds is 5. The van der Waals surface area contributed by atoms with Gasteiger partial charge in [-0.3, -0.25) is 4.79 Å². The van der Waals surface area contributed by atoms with Crippen LogP contribution in [0.2, 0.25) is 0 Å². The zero-order chi connectivity index (χ0) is 9.40. The maximum absolute atomic E-state index is 10.1. The lowest BCUT2D eigenvalue weighted by Crippen LogP contribution is -1.89. The number of carbonyl (C=O) groups is 1. The van der Waals surface area contributed by atoms with E-state index in [4.69, 9.17) is 0 Å². The second-order valence-corrected chi connectivity index (χ2v) is 3.34. The molecule has 0 atom stereocenters. The van der Waals surface area contributed by atoms with Gasteiger partial charge in [0, 0.05) is 5.75 Å². The van der Waals surface area contributed by atoms with Crippen molar-refractivity contribution in [1.82, 2.24) is 0 Å². The first kappa shape index (κ1) is 11.3. The fourth-order valence-corrected chi connectivity index (χ4v) is 1.30. The Morgan fingerprint density at radius 3 is 2.75 bits per heavy atom. The van der Waals surface area contributed by atoms with Gasteiger partial charge in [-0.25, -0.2) is 0 Å². The Bertz CT molecular complexity index is 215. The van der Waals surface area contributed by atoms with E-state index in [9.17, 15) is 4.79 Å². The predicted molar refractivity (Wildman–Crippen MR) is 59.8 cm³/mol. The van der Waals surface area contributed by atoms with E-state index in [2.05, 4.69) is 6.58 Å². The summed E-state index contributed by atoms with van der Waals surface area (Å²) in [5, 5.41) is 0. The lowest BCUT2D eigenvalue weighted by molar-refractivity contribution is 0.570. The Balaban J connectivity index is 4.25. The summed E-state index contributed by atoms with van der Waals surface area (Å²) in [6.07, 6.45) is 5.60. The van der Waals surface area contributed by atoms with Gasteiger partial charge in [-0.05, 0) is 5.57 Å². The molecule has 0 rings (SSSR count). The quantitative estimate of drug-likeness (QED) is 0.362. The zero-order valence-electron chi connectivity index (χ0n) is 7.54. The predicted octanol–water partition coefficient (Wildman–Crippen LogP) is 1.56. The second kappa shape index (κ2) is 6.98. The summed E-state index contributed by atoms with van der Waals surface area (Å²) in [5.74, 6) is 0.746.